The van der Waals surface area contributed by atoms with Gasteiger partial charge in [0, 0.05) is 53.6 Å². The van der Waals surface area contributed by atoms with Gasteiger partial charge in [0.1, 0.15) is 5.82 Å². The van der Waals surface area contributed by atoms with Gasteiger partial charge in [0.15, 0.2) is 0 Å². The molecule has 2 nitrogen and oxygen atoms in total. The van der Waals surface area contributed by atoms with Gasteiger partial charge in [-0.2, -0.15) is 0 Å². The first-order chi connectivity index (χ1) is 30.3. The standard InChI is InChI=1S/C58H43FN2S/c1-58(2,3)51-19-12-21-53(61-52-20-9-7-15-47(52)48-36-29-42(59)37-54(48)61)56(51)41-27-34-45(35-28-41)60(43-30-23-39(24-31-43)38-13-5-4-6-14-38)44-32-25-40(26-33-44)46-17-11-18-50-49-16-8-10-22-55(49)62-57(46)50/h4-37H,1-3H3. The van der Waals surface area contributed by atoms with E-state index in [-0.39, 0.29) is 11.2 Å². The van der Waals surface area contributed by atoms with Gasteiger partial charge < -0.3 is 9.47 Å². The second-order valence-corrected chi connectivity index (χ2v) is 18.1. The number of aromatic nitrogens is 1. The van der Waals surface area contributed by atoms with Crippen LogP contribution in [0.15, 0.2) is 206 Å². The minimum Gasteiger partial charge on any atom is -0.311 e. The molecule has 0 fully saturated rings. The van der Waals surface area contributed by atoms with Crippen LogP contribution in [0.2, 0.25) is 0 Å². The summed E-state index contributed by atoms with van der Waals surface area (Å²) in [6, 6.07) is 72.8. The Hall–Kier alpha value is -7.27. The van der Waals surface area contributed by atoms with Crippen LogP contribution in [0.25, 0.3) is 81.0 Å². The Labute approximate surface area is 365 Å². The molecule has 9 aromatic carbocycles. The average molecular weight is 819 g/mol. The lowest BCUT2D eigenvalue weighted by Gasteiger charge is -2.28. The van der Waals surface area contributed by atoms with Crippen molar-refractivity contribution < 1.29 is 4.39 Å². The molecule has 4 heteroatoms. The van der Waals surface area contributed by atoms with E-state index < -0.39 is 0 Å². The quantitative estimate of drug-likeness (QED) is 0.156. The number of thiophene rings is 1. The summed E-state index contributed by atoms with van der Waals surface area (Å²) in [6.07, 6.45) is 0. The molecule has 0 aliphatic heterocycles. The van der Waals surface area contributed by atoms with Crippen molar-refractivity contribution in [3.8, 4) is 39.1 Å². The molecular weight excluding hydrogens is 776 g/mol. The summed E-state index contributed by atoms with van der Waals surface area (Å²) in [5, 5.41) is 4.74. The summed E-state index contributed by atoms with van der Waals surface area (Å²) in [4.78, 5) is 2.34. The Morgan fingerprint density at radius 1 is 0.452 bits per heavy atom. The Morgan fingerprint density at radius 2 is 1.02 bits per heavy atom. The number of anilines is 3. The SMILES string of the molecule is CC(C)(C)c1cccc(-n2c3ccccc3c3ccc(F)cc32)c1-c1ccc(N(c2ccc(-c3ccccc3)cc2)c2ccc(-c3cccc4c3sc3ccccc34)cc2)cc1. The fourth-order valence-electron chi connectivity index (χ4n) is 9.28. The van der Waals surface area contributed by atoms with Gasteiger partial charge in [-0.3, -0.25) is 0 Å². The van der Waals surface area contributed by atoms with Crippen LogP contribution in [0.4, 0.5) is 21.5 Å². The highest BCUT2D eigenvalue weighted by Gasteiger charge is 2.25. The molecule has 11 aromatic rings. The Balaban J connectivity index is 1.05. The third-order valence-electron chi connectivity index (χ3n) is 12.2. The van der Waals surface area contributed by atoms with Gasteiger partial charge >= 0.3 is 0 Å². The molecule has 2 aromatic heterocycles. The molecule has 62 heavy (non-hydrogen) atoms. The number of nitrogens with zero attached hydrogens (tertiary/aromatic N) is 2. The Morgan fingerprint density at radius 3 is 1.73 bits per heavy atom. The summed E-state index contributed by atoms with van der Waals surface area (Å²) >= 11 is 1.86. The molecule has 0 saturated carbocycles. The lowest BCUT2D eigenvalue weighted by molar-refractivity contribution is 0.591. The monoisotopic (exact) mass is 818 g/mol. The smallest absolute Gasteiger partial charge is 0.125 e. The number of benzene rings is 9. The number of hydrogen-bond donors (Lipinski definition) is 0. The van der Waals surface area contributed by atoms with Crippen LogP contribution < -0.4 is 4.90 Å². The van der Waals surface area contributed by atoms with E-state index in [1.807, 2.05) is 17.4 Å². The molecule has 0 spiro atoms. The normalized spacial score (nSPS) is 11.9. The molecule has 11 rings (SSSR count). The van der Waals surface area contributed by atoms with Crippen molar-refractivity contribution in [3.05, 3.63) is 218 Å². The van der Waals surface area contributed by atoms with Gasteiger partial charge in [-0.05, 0) is 112 Å². The zero-order valence-electron chi connectivity index (χ0n) is 34.8. The van der Waals surface area contributed by atoms with Crippen LogP contribution >= 0.6 is 11.3 Å². The van der Waals surface area contributed by atoms with Crippen LogP contribution in [0.1, 0.15) is 26.3 Å². The van der Waals surface area contributed by atoms with Gasteiger partial charge in [-0.15, -0.1) is 11.3 Å². The highest BCUT2D eigenvalue weighted by Crippen LogP contribution is 2.45. The minimum atomic E-state index is -0.249. The highest BCUT2D eigenvalue weighted by atomic mass is 32.1. The number of halogens is 1. The predicted molar refractivity (Wildman–Crippen MR) is 263 cm³/mol. The van der Waals surface area contributed by atoms with E-state index in [1.165, 1.54) is 48.0 Å². The van der Waals surface area contributed by atoms with Gasteiger partial charge in [0.2, 0.25) is 0 Å². The van der Waals surface area contributed by atoms with Crippen molar-refractivity contribution in [2.75, 3.05) is 4.90 Å². The molecule has 2 heterocycles. The maximum absolute atomic E-state index is 15.1. The van der Waals surface area contributed by atoms with E-state index in [4.69, 9.17) is 0 Å². The topological polar surface area (TPSA) is 8.17 Å². The molecule has 0 saturated heterocycles. The van der Waals surface area contributed by atoms with Gasteiger partial charge in [0.05, 0.1) is 16.7 Å². The van der Waals surface area contributed by atoms with Crippen LogP contribution in [-0.4, -0.2) is 4.57 Å². The first-order valence-corrected chi connectivity index (χ1v) is 22.0. The minimum absolute atomic E-state index is 0.164. The molecule has 0 aliphatic rings. The van der Waals surface area contributed by atoms with Gasteiger partial charge in [-0.1, -0.05) is 154 Å². The fraction of sp³-hybridized carbons (Fsp3) is 0.0690. The lowest BCUT2D eigenvalue weighted by atomic mass is 9.81. The van der Waals surface area contributed by atoms with E-state index in [1.54, 1.807) is 12.1 Å². The molecule has 0 bridgehead atoms. The van der Waals surface area contributed by atoms with Crippen molar-refractivity contribution in [2.45, 2.75) is 26.2 Å². The molecule has 298 valence electrons. The number of rotatable bonds is 7. The zero-order chi connectivity index (χ0) is 42.0. The maximum Gasteiger partial charge on any atom is 0.125 e. The second kappa shape index (κ2) is 15.0. The van der Waals surface area contributed by atoms with Crippen LogP contribution in [0.3, 0.4) is 0 Å². The predicted octanol–water partition coefficient (Wildman–Crippen LogP) is 17.1. The summed E-state index contributed by atoms with van der Waals surface area (Å²) < 4.78 is 19.9. The zero-order valence-corrected chi connectivity index (χ0v) is 35.6. The molecule has 0 atom stereocenters. The average Bonchev–Trinajstić information content (AvgIpc) is 3.85. The van der Waals surface area contributed by atoms with Gasteiger partial charge in [-0.25, -0.2) is 4.39 Å². The van der Waals surface area contributed by atoms with E-state index in [9.17, 15) is 0 Å². The van der Waals surface area contributed by atoms with E-state index in [0.717, 1.165) is 55.7 Å². The molecule has 0 radical (unpaired) electrons. The summed E-state index contributed by atoms with van der Waals surface area (Å²) in [5.74, 6) is -0.249. The third kappa shape index (κ3) is 6.47. The molecule has 0 unspecified atom stereocenters. The van der Waals surface area contributed by atoms with Crippen molar-refractivity contribution in [1.29, 1.82) is 0 Å². The first-order valence-electron chi connectivity index (χ1n) is 21.2. The van der Waals surface area contributed by atoms with Crippen LogP contribution in [-0.2, 0) is 5.41 Å². The van der Waals surface area contributed by atoms with Crippen LogP contribution in [0.5, 0.6) is 0 Å². The Bertz CT molecular complexity index is 3430. The summed E-state index contributed by atoms with van der Waals surface area (Å²) in [7, 11) is 0. The van der Waals surface area contributed by atoms with E-state index in [2.05, 4.69) is 218 Å². The first kappa shape index (κ1) is 37.7. The summed E-state index contributed by atoms with van der Waals surface area (Å²) in [5.41, 5.74) is 14.2. The number of para-hydroxylation sites is 1. The fourth-order valence-corrected chi connectivity index (χ4v) is 10.5. The summed E-state index contributed by atoms with van der Waals surface area (Å²) in [6.45, 7) is 6.80. The number of fused-ring (bicyclic) bond motifs is 6. The van der Waals surface area contributed by atoms with E-state index in [0.29, 0.717) is 0 Å². The van der Waals surface area contributed by atoms with Crippen LogP contribution in [0, 0.1) is 5.82 Å². The Kier molecular flexibility index (Phi) is 9.14. The molecule has 0 N–H and O–H groups in total. The lowest BCUT2D eigenvalue weighted by Crippen LogP contribution is -2.14. The molecule has 0 amide bonds. The number of hydrogen-bond acceptors (Lipinski definition) is 2. The maximum atomic E-state index is 15.1. The van der Waals surface area contributed by atoms with Crippen molar-refractivity contribution in [2.24, 2.45) is 0 Å². The van der Waals surface area contributed by atoms with Crippen molar-refractivity contribution >= 4 is 70.4 Å². The molecular formula is C58H43FN2S. The molecule has 0 aliphatic carbocycles. The van der Waals surface area contributed by atoms with Crippen molar-refractivity contribution in [3.63, 3.8) is 0 Å². The highest BCUT2D eigenvalue weighted by molar-refractivity contribution is 7.26. The second-order valence-electron chi connectivity index (χ2n) is 17.1. The largest absolute Gasteiger partial charge is 0.311 e. The van der Waals surface area contributed by atoms with E-state index >= 15 is 4.39 Å². The third-order valence-corrected chi connectivity index (χ3v) is 13.4. The van der Waals surface area contributed by atoms with Crippen molar-refractivity contribution in [1.82, 2.24) is 4.57 Å². The van der Waals surface area contributed by atoms with Gasteiger partial charge in [0.25, 0.3) is 0 Å².